The number of nitrogens with zero attached hydrogens (tertiary/aromatic N) is 3. The van der Waals surface area contributed by atoms with Gasteiger partial charge in [0, 0.05) is 0 Å². The highest BCUT2D eigenvalue weighted by Crippen LogP contribution is 2.30. The van der Waals surface area contributed by atoms with Crippen LogP contribution in [0, 0.1) is 5.82 Å². The van der Waals surface area contributed by atoms with Gasteiger partial charge in [-0.3, -0.25) is 4.79 Å². The van der Waals surface area contributed by atoms with Crippen LogP contribution in [0.3, 0.4) is 0 Å². The molecule has 4 rings (SSSR count). The number of hydrogen-bond donors (Lipinski definition) is 0. The Kier molecular flexibility index (Phi) is 5.81. The van der Waals surface area contributed by atoms with Crippen molar-refractivity contribution >= 4 is 38.8 Å². The summed E-state index contributed by atoms with van der Waals surface area (Å²) < 4.78 is 19.4. The van der Waals surface area contributed by atoms with Gasteiger partial charge in [-0.05, 0) is 53.6 Å². The first kappa shape index (κ1) is 19.7. The number of ether oxygens (including phenoxy) is 1. The quantitative estimate of drug-likeness (QED) is 0.324. The maximum Gasteiger partial charge on any atom is 0.253 e. The summed E-state index contributed by atoms with van der Waals surface area (Å²) >= 11 is 1.22. The molecule has 0 aliphatic heterocycles. The number of halogens is 1. The molecule has 7 heteroatoms. The summed E-state index contributed by atoms with van der Waals surface area (Å²) in [6, 6.07) is 21.1. The van der Waals surface area contributed by atoms with Crippen molar-refractivity contribution in [2.45, 2.75) is 6.42 Å². The van der Waals surface area contributed by atoms with Gasteiger partial charge in [-0.2, -0.15) is 10.1 Å². The van der Waals surface area contributed by atoms with Crippen LogP contribution in [-0.2, 0) is 11.2 Å². The number of hydrazone groups is 1. The fourth-order valence-corrected chi connectivity index (χ4v) is 3.82. The average molecular weight is 419 g/mol. The largest absolute Gasteiger partial charge is 0.497 e. The molecule has 1 amide bonds. The number of aromatic nitrogens is 1. The fraction of sp³-hybridized carbons (Fsp3) is 0.0870. The van der Waals surface area contributed by atoms with Crippen LogP contribution in [0.15, 0.2) is 77.9 Å². The van der Waals surface area contributed by atoms with Gasteiger partial charge in [0.15, 0.2) is 0 Å². The van der Waals surface area contributed by atoms with Crippen molar-refractivity contribution in [1.82, 2.24) is 4.98 Å². The minimum atomic E-state index is -0.346. The number of fused-ring (bicyclic) bond motifs is 1. The topological polar surface area (TPSA) is 54.8 Å². The van der Waals surface area contributed by atoms with Crippen LogP contribution in [0.1, 0.15) is 11.1 Å². The van der Waals surface area contributed by atoms with Gasteiger partial charge < -0.3 is 4.74 Å². The Morgan fingerprint density at radius 1 is 1.13 bits per heavy atom. The lowest BCUT2D eigenvalue weighted by Crippen LogP contribution is -2.27. The molecule has 4 aromatic rings. The molecular weight excluding hydrogens is 401 g/mol. The third-order valence-corrected chi connectivity index (χ3v) is 5.39. The fourth-order valence-electron chi connectivity index (χ4n) is 2.86. The summed E-state index contributed by atoms with van der Waals surface area (Å²) in [6.45, 7) is 0. The van der Waals surface area contributed by atoms with Crippen molar-refractivity contribution < 1.29 is 13.9 Å². The first-order chi connectivity index (χ1) is 14.6. The van der Waals surface area contributed by atoms with Crippen LogP contribution in [0.25, 0.3) is 10.2 Å². The van der Waals surface area contributed by atoms with E-state index in [9.17, 15) is 9.18 Å². The van der Waals surface area contributed by atoms with Gasteiger partial charge in [-0.25, -0.2) is 9.37 Å². The number of amides is 1. The van der Waals surface area contributed by atoms with Crippen molar-refractivity contribution in [1.29, 1.82) is 0 Å². The Hall–Kier alpha value is -3.58. The highest BCUT2D eigenvalue weighted by atomic mass is 32.1. The van der Waals surface area contributed by atoms with Gasteiger partial charge in [-0.1, -0.05) is 41.7 Å². The number of methoxy groups -OCH3 is 1. The van der Waals surface area contributed by atoms with E-state index in [1.54, 1.807) is 19.4 Å². The molecule has 0 aliphatic carbocycles. The first-order valence-corrected chi connectivity index (χ1v) is 10.0. The lowest BCUT2D eigenvalue weighted by molar-refractivity contribution is -0.118. The summed E-state index contributed by atoms with van der Waals surface area (Å²) in [5, 5.41) is 6.07. The predicted octanol–water partition coefficient (Wildman–Crippen LogP) is 5.05. The number of carbonyl (C=O) groups excluding carboxylic acids is 1. The van der Waals surface area contributed by atoms with Crippen LogP contribution < -0.4 is 9.75 Å². The van der Waals surface area contributed by atoms with E-state index in [1.165, 1.54) is 28.5 Å². The van der Waals surface area contributed by atoms with Gasteiger partial charge in [-0.15, -0.1) is 0 Å². The number of carbonyl (C=O) groups is 1. The maximum atomic E-state index is 13.6. The molecule has 5 nitrogen and oxygen atoms in total. The van der Waals surface area contributed by atoms with Crippen molar-refractivity contribution in [3.63, 3.8) is 0 Å². The lowest BCUT2D eigenvalue weighted by Gasteiger charge is -2.14. The molecule has 0 unspecified atom stereocenters. The van der Waals surface area contributed by atoms with Crippen LogP contribution in [0.4, 0.5) is 9.52 Å². The van der Waals surface area contributed by atoms with Crippen molar-refractivity contribution in [3.8, 4) is 5.75 Å². The SMILES string of the molecule is COc1ccc(/C=N/N(C(=O)Cc2ccccc2)c2nc3ccc(F)cc3s2)cc1. The third kappa shape index (κ3) is 4.52. The first-order valence-electron chi connectivity index (χ1n) is 9.23. The zero-order valence-electron chi connectivity index (χ0n) is 16.2. The van der Waals surface area contributed by atoms with E-state index in [4.69, 9.17) is 4.74 Å². The van der Waals surface area contributed by atoms with Crippen LogP contribution in [0.5, 0.6) is 5.75 Å². The molecule has 0 bridgehead atoms. The second-order valence-corrected chi connectivity index (χ2v) is 7.50. The van der Waals surface area contributed by atoms with Gasteiger partial charge in [0.05, 0.1) is 30.0 Å². The second-order valence-electron chi connectivity index (χ2n) is 6.49. The summed E-state index contributed by atoms with van der Waals surface area (Å²) in [6.07, 6.45) is 1.76. The maximum absolute atomic E-state index is 13.6. The number of anilines is 1. The van der Waals surface area contributed by atoms with E-state index in [0.717, 1.165) is 16.9 Å². The van der Waals surface area contributed by atoms with Gasteiger partial charge in [0.25, 0.3) is 5.91 Å². The molecule has 0 saturated carbocycles. The number of rotatable bonds is 6. The van der Waals surface area contributed by atoms with Crippen molar-refractivity contribution in [2.75, 3.05) is 12.1 Å². The molecular formula is C23H18FN3O2S. The van der Waals surface area contributed by atoms with E-state index in [1.807, 2.05) is 54.6 Å². The minimum absolute atomic E-state index is 0.172. The number of benzene rings is 3. The summed E-state index contributed by atoms with van der Waals surface area (Å²) in [5.74, 6) is 0.157. The monoisotopic (exact) mass is 419 g/mol. The summed E-state index contributed by atoms with van der Waals surface area (Å²) in [4.78, 5) is 17.5. The van der Waals surface area contributed by atoms with Gasteiger partial charge >= 0.3 is 0 Å². The Labute approximate surface area is 177 Å². The van der Waals surface area contributed by atoms with Crippen molar-refractivity contribution in [2.24, 2.45) is 5.10 Å². The molecule has 0 saturated heterocycles. The Morgan fingerprint density at radius 2 is 1.90 bits per heavy atom. The minimum Gasteiger partial charge on any atom is -0.497 e. The predicted molar refractivity (Wildman–Crippen MR) is 118 cm³/mol. The highest BCUT2D eigenvalue weighted by molar-refractivity contribution is 7.22. The lowest BCUT2D eigenvalue weighted by atomic mass is 10.1. The smallest absolute Gasteiger partial charge is 0.253 e. The summed E-state index contributed by atoms with van der Waals surface area (Å²) in [7, 11) is 1.60. The Balaban J connectivity index is 1.67. The van der Waals surface area contributed by atoms with Crippen LogP contribution >= 0.6 is 11.3 Å². The zero-order chi connectivity index (χ0) is 20.9. The highest BCUT2D eigenvalue weighted by Gasteiger charge is 2.20. The molecule has 0 spiro atoms. The molecule has 1 heterocycles. The Bertz CT molecular complexity index is 1190. The Morgan fingerprint density at radius 3 is 2.63 bits per heavy atom. The van der Waals surface area contributed by atoms with E-state index in [2.05, 4.69) is 10.1 Å². The van der Waals surface area contributed by atoms with E-state index in [-0.39, 0.29) is 18.1 Å². The average Bonchev–Trinajstić information content (AvgIpc) is 3.17. The molecule has 0 aliphatic rings. The third-order valence-electron chi connectivity index (χ3n) is 4.39. The van der Waals surface area contributed by atoms with Gasteiger partial charge in [0.2, 0.25) is 5.13 Å². The number of hydrogen-bond acceptors (Lipinski definition) is 5. The molecule has 3 aromatic carbocycles. The van der Waals surface area contributed by atoms with Crippen LogP contribution in [-0.4, -0.2) is 24.2 Å². The molecule has 0 N–H and O–H groups in total. The second kappa shape index (κ2) is 8.84. The van der Waals surface area contributed by atoms with E-state index >= 15 is 0 Å². The van der Waals surface area contributed by atoms with Gasteiger partial charge in [0.1, 0.15) is 11.6 Å². The standard InChI is InChI=1S/C23H18FN3O2S/c1-29-19-10-7-17(8-11-19)15-25-27(22(28)13-16-5-3-2-4-6-16)23-26-20-12-9-18(24)14-21(20)30-23/h2-12,14-15H,13H2,1H3/b25-15+. The van der Waals surface area contributed by atoms with Crippen molar-refractivity contribution in [3.05, 3.63) is 89.7 Å². The molecule has 150 valence electrons. The molecule has 30 heavy (non-hydrogen) atoms. The van der Waals surface area contributed by atoms with E-state index < -0.39 is 0 Å². The zero-order valence-corrected chi connectivity index (χ0v) is 17.0. The van der Waals surface area contributed by atoms with Crippen LogP contribution in [0.2, 0.25) is 0 Å². The normalized spacial score (nSPS) is 11.1. The molecule has 0 radical (unpaired) electrons. The molecule has 0 fully saturated rings. The number of thiazole rings is 1. The summed E-state index contributed by atoms with van der Waals surface area (Å²) in [5.41, 5.74) is 2.30. The molecule has 0 atom stereocenters. The van der Waals surface area contributed by atoms with E-state index in [0.29, 0.717) is 15.3 Å². The molecule has 1 aromatic heterocycles.